The van der Waals surface area contributed by atoms with Crippen LogP contribution >= 0.6 is 0 Å². The predicted molar refractivity (Wildman–Crippen MR) is 46.6 cm³/mol. The van der Waals surface area contributed by atoms with E-state index in [0.717, 1.165) is 20.0 Å². The first-order chi connectivity index (χ1) is 6.44. The Bertz CT molecular complexity index is 260. The average Bonchev–Trinajstić information content (AvgIpc) is 2.84. The number of esters is 1. The number of methoxy groups -OCH3 is 1. The maximum absolute atomic E-state index is 13.1. The number of allylic oxidation sites excluding steroid dienone is 1. The van der Waals surface area contributed by atoms with Crippen LogP contribution in [-0.4, -0.2) is 19.0 Å². The SMILES string of the molecule is COC(=O)/C(N)=C\C(F)(F)CC1CC1. The van der Waals surface area contributed by atoms with Crippen LogP contribution in [0.2, 0.25) is 0 Å². The third kappa shape index (κ3) is 3.32. The van der Waals surface area contributed by atoms with Gasteiger partial charge in [0, 0.05) is 12.5 Å². The summed E-state index contributed by atoms with van der Waals surface area (Å²) in [7, 11) is 1.10. The Balaban J connectivity index is 2.57. The summed E-state index contributed by atoms with van der Waals surface area (Å²) in [6.07, 6.45) is 1.92. The largest absolute Gasteiger partial charge is 0.464 e. The Labute approximate surface area is 80.9 Å². The van der Waals surface area contributed by atoms with Crippen molar-refractivity contribution >= 4 is 5.97 Å². The van der Waals surface area contributed by atoms with E-state index in [0.29, 0.717) is 6.08 Å². The van der Waals surface area contributed by atoms with Crippen molar-refractivity contribution in [2.45, 2.75) is 25.2 Å². The Hall–Kier alpha value is -1.13. The topological polar surface area (TPSA) is 52.3 Å². The fourth-order valence-electron chi connectivity index (χ4n) is 1.17. The van der Waals surface area contributed by atoms with Crippen LogP contribution in [0.25, 0.3) is 0 Å². The number of halogens is 2. The Morgan fingerprint density at radius 2 is 2.21 bits per heavy atom. The first-order valence-electron chi connectivity index (χ1n) is 4.39. The van der Waals surface area contributed by atoms with Gasteiger partial charge in [-0.05, 0) is 18.8 Å². The highest BCUT2D eigenvalue weighted by Gasteiger charge is 2.36. The van der Waals surface area contributed by atoms with Crippen LogP contribution < -0.4 is 5.73 Å². The number of ether oxygens (including phenoxy) is 1. The van der Waals surface area contributed by atoms with Gasteiger partial charge < -0.3 is 10.5 Å². The quantitative estimate of drug-likeness (QED) is 0.558. The zero-order valence-electron chi connectivity index (χ0n) is 7.93. The second-order valence-electron chi connectivity index (χ2n) is 3.50. The monoisotopic (exact) mass is 205 g/mol. The van der Waals surface area contributed by atoms with E-state index in [4.69, 9.17) is 5.73 Å². The summed E-state index contributed by atoms with van der Waals surface area (Å²) in [5, 5.41) is 0. The minimum atomic E-state index is -3.00. The summed E-state index contributed by atoms with van der Waals surface area (Å²) in [6.45, 7) is 0. The van der Waals surface area contributed by atoms with Crippen molar-refractivity contribution in [2.75, 3.05) is 7.11 Å². The molecule has 1 fully saturated rings. The van der Waals surface area contributed by atoms with Gasteiger partial charge in [0.1, 0.15) is 5.70 Å². The zero-order valence-corrected chi connectivity index (χ0v) is 7.93. The van der Waals surface area contributed by atoms with Gasteiger partial charge in [-0.25, -0.2) is 13.6 Å². The molecule has 0 spiro atoms. The van der Waals surface area contributed by atoms with E-state index >= 15 is 0 Å². The molecule has 1 aliphatic carbocycles. The molecule has 1 saturated carbocycles. The summed E-state index contributed by atoms with van der Waals surface area (Å²) in [4.78, 5) is 10.7. The maximum atomic E-state index is 13.1. The molecule has 14 heavy (non-hydrogen) atoms. The minimum Gasteiger partial charge on any atom is -0.464 e. The Kier molecular flexibility index (Phi) is 3.08. The molecule has 2 N–H and O–H groups in total. The van der Waals surface area contributed by atoms with E-state index in [1.807, 2.05) is 0 Å². The molecule has 0 heterocycles. The van der Waals surface area contributed by atoms with Gasteiger partial charge in [-0.3, -0.25) is 0 Å². The molecule has 5 heteroatoms. The van der Waals surface area contributed by atoms with Crippen LogP contribution in [0.5, 0.6) is 0 Å². The molecule has 0 aromatic heterocycles. The first-order valence-corrected chi connectivity index (χ1v) is 4.39. The zero-order chi connectivity index (χ0) is 10.8. The van der Waals surface area contributed by atoms with Crippen LogP contribution in [0.4, 0.5) is 8.78 Å². The molecule has 0 radical (unpaired) electrons. The van der Waals surface area contributed by atoms with Crippen molar-refractivity contribution in [2.24, 2.45) is 11.7 Å². The molecule has 0 aliphatic heterocycles. The molecule has 1 rings (SSSR count). The van der Waals surface area contributed by atoms with Gasteiger partial charge in [-0.1, -0.05) is 0 Å². The molecule has 1 aliphatic rings. The summed E-state index contributed by atoms with van der Waals surface area (Å²) in [5.74, 6) is -3.84. The van der Waals surface area contributed by atoms with Crippen molar-refractivity contribution in [1.82, 2.24) is 0 Å². The summed E-state index contributed by atoms with van der Waals surface area (Å²) >= 11 is 0. The Morgan fingerprint density at radius 1 is 1.64 bits per heavy atom. The van der Waals surface area contributed by atoms with Gasteiger partial charge in [0.2, 0.25) is 0 Å². The molecule has 3 nitrogen and oxygen atoms in total. The third-order valence-corrected chi connectivity index (χ3v) is 2.05. The van der Waals surface area contributed by atoms with Crippen molar-refractivity contribution in [1.29, 1.82) is 0 Å². The van der Waals surface area contributed by atoms with Gasteiger partial charge in [-0.2, -0.15) is 0 Å². The molecule has 0 atom stereocenters. The number of nitrogens with two attached hydrogens (primary N) is 1. The van der Waals surface area contributed by atoms with Gasteiger partial charge in [0.05, 0.1) is 7.11 Å². The molecule has 0 aromatic rings. The summed E-state index contributed by atoms with van der Waals surface area (Å²) in [5.41, 5.74) is 4.59. The number of carbonyl (C=O) groups is 1. The van der Waals surface area contributed by atoms with Gasteiger partial charge in [-0.15, -0.1) is 0 Å². The maximum Gasteiger partial charge on any atom is 0.353 e. The van der Waals surface area contributed by atoms with Crippen molar-refractivity contribution < 1.29 is 18.3 Å². The van der Waals surface area contributed by atoms with Gasteiger partial charge >= 0.3 is 5.97 Å². The normalized spacial score (nSPS) is 18.1. The van der Waals surface area contributed by atoms with E-state index in [1.54, 1.807) is 0 Å². The van der Waals surface area contributed by atoms with Gasteiger partial charge in [0.25, 0.3) is 5.92 Å². The lowest BCUT2D eigenvalue weighted by molar-refractivity contribution is -0.136. The van der Waals surface area contributed by atoms with Crippen LogP contribution in [-0.2, 0) is 9.53 Å². The third-order valence-electron chi connectivity index (χ3n) is 2.05. The lowest BCUT2D eigenvalue weighted by Crippen LogP contribution is -2.20. The van der Waals surface area contributed by atoms with Crippen molar-refractivity contribution in [3.05, 3.63) is 11.8 Å². The van der Waals surface area contributed by atoms with E-state index < -0.39 is 17.6 Å². The van der Waals surface area contributed by atoms with E-state index in [2.05, 4.69) is 4.74 Å². The number of alkyl halides is 2. The number of carbonyl (C=O) groups excluding carboxylic acids is 1. The predicted octanol–water partition coefficient (Wildman–Crippen LogP) is 1.44. The summed E-state index contributed by atoms with van der Waals surface area (Å²) in [6, 6.07) is 0. The highest BCUT2D eigenvalue weighted by Crippen LogP contribution is 2.39. The number of rotatable bonds is 4. The fraction of sp³-hybridized carbons (Fsp3) is 0.667. The molecule has 0 aromatic carbocycles. The lowest BCUT2D eigenvalue weighted by atomic mass is 10.1. The molecule has 80 valence electrons. The second-order valence-corrected chi connectivity index (χ2v) is 3.50. The fourth-order valence-corrected chi connectivity index (χ4v) is 1.17. The van der Waals surface area contributed by atoms with Crippen molar-refractivity contribution in [3.63, 3.8) is 0 Å². The molecular weight excluding hydrogens is 192 g/mol. The molecular formula is C9H13F2NO2. The van der Waals surface area contributed by atoms with E-state index in [1.165, 1.54) is 0 Å². The van der Waals surface area contributed by atoms with Crippen LogP contribution in [0.1, 0.15) is 19.3 Å². The smallest absolute Gasteiger partial charge is 0.353 e. The molecule has 0 amide bonds. The van der Waals surface area contributed by atoms with Crippen LogP contribution in [0.3, 0.4) is 0 Å². The molecule has 0 saturated heterocycles. The summed E-state index contributed by atoms with van der Waals surface area (Å²) < 4.78 is 30.4. The highest BCUT2D eigenvalue weighted by molar-refractivity contribution is 5.87. The lowest BCUT2D eigenvalue weighted by Gasteiger charge is -2.11. The number of hydrogen-bond acceptors (Lipinski definition) is 3. The Morgan fingerprint density at radius 3 is 2.64 bits per heavy atom. The van der Waals surface area contributed by atoms with E-state index in [9.17, 15) is 13.6 Å². The van der Waals surface area contributed by atoms with Crippen LogP contribution in [0, 0.1) is 5.92 Å². The van der Waals surface area contributed by atoms with Gasteiger partial charge in [0.15, 0.2) is 0 Å². The van der Waals surface area contributed by atoms with Crippen molar-refractivity contribution in [3.8, 4) is 0 Å². The standard InChI is InChI=1S/C9H13F2NO2/c1-14-8(13)7(12)5-9(10,11)4-6-2-3-6/h5-6H,2-4,12H2,1H3/b7-5+. The second kappa shape index (κ2) is 3.94. The molecule has 0 unspecified atom stereocenters. The van der Waals surface area contributed by atoms with E-state index in [-0.39, 0.29) is 12.3 Å². The first kappa shape index (κ1) is 10.9. The molecule has 0 bridgehead atoms. The minimum absolute atomic E-state index is 0.0756. The van der Waals surface area contributed by atoms with Crippen LogP contribution in [0.15, 0.2) is 11.8 Å². The highest BCUT2D eigenvalue weighted by atomic mass is 19.3. The number of hydrogen-bond donors (Lipinski definition) is 1. The average molecular weight is 205 g/mol.